The number of anilines is 1. The van der Waals surface area contributed by atoms with Gasteiger partial charge in [0.05, 0.1) is 0 Å². The van der Waals surface area contributed by atoms with Crippen LogP contribution in [0.4, 0.5) is 5.95 Å². The van der Waals surface area contributed by atoms with Crippen molar-refractivity contribution in [3.63, 3.8) is 0 Å². The second-order valence-electron chi connectivity index (χ2n) is 4.09. The van der Waals surface area contributed by atoms with Gasteiger partial charge in [-0.2, -0.15) is 4.98 Å². The maximum Gasteiger partial charge on any atom is 0.329 e. The lowest BCUT2D eigenvalue weighted by atomic mass is 9.98. The van der Waals surface area contributed by atoms with Gasteiger partial charge < -0.3 is 16.2 Å². The molecule has 17 heavy (non-hydrogen) atoms. The van der Waals surface area contributed by atoms with Gasteiger partial charge in [-0.3, -0.25) is 9.89 Å². The number of aromatic nitrogens is 3. The van der Waals surface area contributed by atoms with Crippen molar-refractivity contribution in [1.82, 2.24) is 20.5 Å². The number of carboxylic acids is 1. The van der Waals surface area contributed by atoms with Crippen LogP contribution in [0.1, 0.15) is 36.3 Å². The summed E-state index contributed by atoms with van der Waals surface area (Å²) in [4.78, 5) is 26.6. The Hall–Kier alpha value is -2.12. The molecule has 1 fully saturated rings. The van der Waals surface area contributed by atoms with Gasteiger partial charge in [-0.05, 0) is 12.8 Å². The number of amides is 1. The summed E-state index contributed by atoms with van der Waals surface area (Å²) in [6, 6.07) is 0. The number of hydrogen-bond acceptors (Lipinski definition) is 5. The fraction of sp³-hybridized carbons (Fsp3) is 0.556. The number of nitrogens with one attached hydrogen (secondary N) is 2. The fourth-order valence-corrected chi connectivity index (χ4v) is 2.02. The van der Waals surface area contributed by atoms with Crippen LogP contribution in [0.5, 0.6) is 0 Å². The average molecular weight is 239 g/mol. The Kier molecular flexibility index (Phi) is 2.70. The predicted molar refractivity (Wildman–Crippen MR) is 57.1 cm³/mol. The normalized spacial score (nSPS) is 17.9. The smallest absolute Gasteiger partial charge is 0.329 e. The molecule has 1 aromatic heterocycles. The van der Waals surface area contributed by atoms with Crippen LogP contribution in [0, 0.1) is 0 Å². The van der Waals surface area contributed by atoms with Crippen LogP contribution in [-0.2, 0) is 4.79 Å². The highest BCUT2D eigenvalue weighted by Crippen LogP contribution is 2.30. The predicted octanol–water partition coefficient (Wildman–Crippen LogP) is -0.486. The summed E-state index contributed by atoms with van der Waals surface area (Å²) in [5.74, 6) is -1.74. The van der Waals surface area contributed by atoms with Gasteiger partial charge in [0.25, 0.3) is 5.91 Å². The van der Waals surface area contributed by atoms with Crippen LogP contribution in [0.2, 0.25) is 0 Å². The van der Waals surface area contributed by atoms with E-state index in [0.717, 1.165) is 12.8 Å². The van der Waals surface area contributed by atoms with E-state index in [-0.39, 0.29) is 11.8 Å². The van der Waals surface area contributed by atoms with Crippen molar-refractivity contribution in [2.24, 2.45) is 0 Å². The SMILES string of the molecule is Nc1n[nH]c(C(=O)NC2(C(=O)O)CCCC2)n1. The van der Waals surface area contributed by atoms with Crippen molar-refractivity contribution in [3.8, 4) is 0 Å². The number of aliphatic carboxylic acids is 1. The van der Waals surface area contributed by atoms with Crippen LogP contribution in [-0.4, -0.2) is 37.7 Å². The number of hydrogen-bond donors (Lipinski definition) is 4. The number of aromatic amines is 1. The molecule has 0 bridgehead atoms. The topological polar surface area (TPSA) is 134 Å². The lowest BCUT2D eigenvalue weighted by Gasteiger charge is -2.24. The molecule has 0 aliphatic heterocycles. The highest BCUT2D eigenvalue weighted by Gasteiger charge is 2.43. The molecule has 92 valence electrons. The van der Waals surface area contributed by atoms with E-state index in [0.29, 0.717) is 12.8 Å². The molecule has 1 aromatic rings. The quantitative estimate of drug-likeness (QED) is 0.562. The van der Waals surface area contributed by atoms with Crippen LogP contribution < -0.4 is 11.1 Å². The number of carbonyl (C=O) groups excluding carboxylic acids is 1. The van der Waals surface area contributed by atoms with Crippen LogP contribution in [0.3, 0.4) is 0 Å². The highest BCUT2D eigenvalue weighted by molar-refractivity contribution is 5.95. The molecule has 0 unspecified atom stereocenters. The fourth-order valence-electron chi connectivity index (χ4n) is 2.02. The van der Waals surface area contributed by atoms with E-state index in [4.69, 9.17) is 5.73 Å². The van der Waals surface area contributed by atoms with E-state index in [1.54, 1.807) is 0 Å². The van der Waals surface area contributed by atoms with Crippen molar-refractivity contribution in [2.75, 3.05) is 5.73 Å². The van der Waals surface area contributed by atoms with Crippen molar-refractivity contribution >= 4 is 17.8 Å². The van der Waals surface area contributed by atoms with Gasteiger partial charge in [-0.25, -0.2) is 4.79 Å². The first kappa shape index (κ1) is 11.4. The molecule has 1 saturated carbocycles. The minimum Gasteiger partial charge on any atom is -0.480 e. The van der Waals surface area contributed by atoms with Gasteiger partial charge in [-0.15, -0.1) is 5.10 Å². The Morgan fingerprint density at radius 3 is 2.53 bits per heavy atom. The molecule has 0 saturated heterocycles. The van der Waals surface area contributed by atoms with E-state index in [2.05, 4.69) is 20.5 Å². The monoisotopic (exact) mass is 239 g/mol. The molecule has 0 atom stereocenters. The third-order valence-corrected chi connectivity index (χ3v) is 2.94. The first-order valence-corrected chi connectivity index (χ1v) is 5.27. The number of carbonyl (C=O) groups is 2. The number of carboxylic acid groups (broad SMARTS) is 1. The molecular formula is C9H13N5O3. The summed E-state index contributed by atoms with van der Waals surface area (Å²) in [5.41, 5.74) is 4.09. The van der Waals surface area contributed by atoms with Gasteiger partial charge in [0, 0.05) is 0 Å². The summed E-state index contributed by atoms with van der Waals surface area (Å²) in [7, 11) is 0. The standard InChI is InChI=1S/C9H13N5O3/c10-8-11-5(13-14-8)6(15)12-9(7(16)17)3-1-2-4-9/h1-4H2,(H,12,15)(H,16,17)(H3,10,11,13,14). The van der Waals surface area contributed by atoms with Gasteiger partial charge in [0.2, 0.25) is 11.8 Å². The zero-order valence-electron chi connectivity index (χ0n) is 9.06. The molecule has 0 radical (unpaired) electrons. The molecule has 8 nitrogen and oxygen atoms in total. The Labute approximate surface area is 96.6 Å². The average Bonchev–Trinajstić information content (AvgIpc) is 2.87. The number of nitrogens with two attached hydrogens (primary N) is 1. The Bertz CT molecular complexity index is 449. The number of nitrogen functional groups attached to an aromatic ring is 1. The molecule has 1 aliphatic rings. The molecule has 0 spiro atoms. The zero-order valence-corrected chi connectivity index (χ0v) is 9.06. The molecule has 1 amide bonds. The third-order valence-electron chi connectivity index (χ3n) is 2.94. The van der Waals surface area contributed by atoms with Gasteiger partial charge in [0.15, 0.2) is 0 Å². The summed E-state index contributed by atoms with van der Waals surface area (Å²) >= 11 is 0. The van der Waals surface area contributed by atoms with Crippen molar-refractivity contribution in [2.45, 2.75) is 31.2 Å². The second-order valence-corrected chi connectivity index (χ2v) is 4.09. The zero-order chi connectivity index (χ0) is 12.5. The van der Waals surface area contributed by atoms with Crippen LogP contribution >= 0.6 is 0 Å². The Balaban J connectivity index is 2.14. The Morgan fingerprint density at radius 2 is 2.06 bits per heavy atom. The molecule has 2 rings (SSSR count). The van der Waals surface area contributed by atoms with Gasteiger partial charge >= 0.3 is 5.97 Å². The van der Waals surface area contributed by atoms with Crippen LogP contribution in [0.15, 0.2) is 0 Å². The van der Waals surface area contributed by atoms with E-state index in [9.17, 15) is 14.7 Å². The number of H-pyrrole nitrogens is 1. The third kappa shape index (κ3) is 2.05. The molecule has 1 heterocycles. The lowest BCUT2D eigenvalue weighted by Crippen LogP contribution is -2.52. The van der Waals surface area contributed by atoms with Gasteiger partial charge in [0.1, 0.15) is 5.54 Å². The minimum absolute atomic E-state index is 0.0500. The maximum atomic E-state index is 11.8. The van der Waals surface area contributed by atoms with Crippen LogP contribution in [0.25, 0.3) is 0 Å². The molecular weight excluding hydrogens is 226 g/mol. The first-order chi connectivity index (χ1) is 8.03. The van der Waals surface area contributed by atoms with E-state index < -0.39 is 17.4 Å². The lowest BCUT2D eigenvalue weighted by molar-refractivity contribution is -0.144. The molecule has 5 N–H and O–H groups in total. The molecule has 0 aromatic carbocycles. The second kappa shape index (κ2) is 4.04. The number of rotatable bonds is 3. The van der Waals surface area contributed by atoms with Crippen molar-refractivity contribution in [3.05, 3.63) is 5.82 Å². The minimum atomic E-state index is -1.18. The van der Waals surface area contributed by atoms with E-state index >= 15 is 0 Å². The first-order valence-electron chi connectivity index (χ1n) is 5.27. The van der Waals surface area contributed by atoms with Gasteiger partial charge in [-0.1, -0.05) is 12.8 Å². The summed E-state index contributed by atoms with van der Waals surface area (Å²) < 4.78 is 0. The Morgan fingerprint density at radius 1 is 1.41 bits per heavy atom. The van der Waals surface area contributed by atoms with E-state index in [1.807, 2.05) is 0 Å². The molecule has 8 heteroatoms. The summed E-state index contributed by atoms with van der Waals surface area (Å²) in [6.45, 7) is 0. The summed E-state index contributed by atoms with van der Waals surface area (Å²) in [6.07, 6.45) is 2.42. The summed E-state index contributed by atoms with van der Waals surface area (Å²) in [5, 5.41) is 17.5. The number of nitrogens with zero attached hydrogens (tertiary/aromatic N) is 2. The highest BCUT2D eigenvalue weighted by atomic mass is 16.4. The molecule has 1 aliphatic carbocycles. The maximum absolute atomic E-state index is 11.8. The largest absolute Gasteiger partial charge is 0.480 e. The van der Waals surface area contributed by atoms with Crippen molar-refractivity contribution in [1.29, 1.82) is 0 Å². The van der Waals surface area contributed by atoms with Crippen molar-refractivity contribution < 1.29 is 14.7 Å². The van der Waals surface area contributed by atoms with E-state index in [1.165, 1.54) is 0 Å².